The SMILES string of the molecule is C#CCCn1c(Sc2cc(OC)ccc2I)nc2c(N)nc(Cl)nc21. The standard InChI is InChI=1S/C16H13ClIN5OS/c1-3-4-7-23-14-12(13(19)21-15(17)22-14)20-16(23)25-11-8-9(24-2)5-6-10(11)18/h1,5-6,8H,4,7H2,2H3,(H2,19,21,22). The minimum Gasteiger partial charge on any atom is -0.497 e. The molecular formula is C16H13ClIN5OS. The number of halogens is 2. The van der Waals surface area contributed by atoms with Gasteiger partial charge in [0.2, 0.25) is 5.28 Å². The van der Waals surface area contributed by atoms with Crippen molar-refractivity contribution in [1.29, 1.82) is 0 Å². The summed E-state index contributed by atoms with van der Waals surface area (Å²) in [5.74, 6) is 3.66. The van der Waals surface area contributed by atoms with Crippen molar-refractivity contribution in [2.75, 3.05) is 12.8 Å². The van der Waals surface area contributed by atoms with Crippen molar-refractivity contribution < 1.29 is 4.74 Å². The lowest BCUT2D eigenvalue weighted by Crippen LogP contribution is -2.02. The Bertz CT molecular complexity index is 985. The molecule has 9 heteroatoms. The Morgan fingerprint density at radius 1 is 1.40 bits per heavy atom. The van der Waals surface area contributed by atoms with Gasteiger partial charge >= 0.3 is 0 Å². The molecule has 1 aromatic carbocycles. The predicted molar refractivity (Wildman–Crippen MR) is 108 cm³/mol. The normalized spacial score (nSPS) is 10.8. The van der Waals surface area contributed by atoms with Gasteiger partial charge < -0.3 is 15.0 Å². The summed E-state index contributed by atoms with van der Waals surface area (Å²) in [6, 6.07) is 5.86. The fourth-order valence-corrected chi connectivity index (χ4v) is 4.02. The minimum absolute atomic E-state index is 0.0827. The lowest BCUT2D eigenvalue weighted by atomic mass is 10.3. The molecule has 0 fully saturated rings. The molecule has 3 rings (SSSR count). The van der Waals surface area contributed by atoms with Gasteiger partial charge in [-0.2, -0.15) is 9.97 Å². The molecule has 0 bridgehead atoms. The zero-order valence-corrected chi connectivity index (χ0v) is 16.9. The van der Waals surface area contributed by atoms with Crippen molar-refractivity contribution in [2.45, 2.75) is 23.0 Å². The molecule has 0 radical (unpaired) electrons. The number of hydrogen-bond acceptors (Lipinski definition) is 6. The average Bonchev–Trinajstić information content (AvgIpc) is 2.92. The Kier molecular flexibility index (Phi) is 5.56. The fraction of sp³-hybridized carbons (Fsp3) is 0.188. The van der Waals surface area contributed by atoms with Crippen molar-refractivity contribution in [3.63, 3.8) is 0 Å². The van der Waals surface area contributed by atoms with Gasteiger partial charge in [0.05, 0.1) is 7.11 Å². The second-order valence-corrected chi connectivity index (χ2v) is 7.46. The highest BCUT2D eigenvalue weighted by Crippen LogP contribution is 2.35. The maximum Gasteiger partial charge on any atom is 0.226 e. The number of benzene rings is 1. The zero-order chi connectivity index (χ0) is 18.0. The summed E-state index contributed by atoms with van der Waals surface area (Å²) in [4.78, 5) is 13.9. The largest absolute Gasteiger partial charge is 0.497 e. The van der Waals surface area contributed by atoms with Crippen LogP contribution in [0.3, 0.4) is 0 Å². The van der Waals surface area contributed by atoms with Crippen LogP contribution in [0.15, 0.2) is 28.3 Å². The lowest BCUT2D eigenvalue weighted by molar-refractivity contribution is 0.413. The number of imidazole rings is 1. The monoisotopic (exact) mass is 485 g/mol. The molecule has 25 heavy (non-hydrogen) atoms. The summed E-state index contributed by atoms with van der Waals surface area (Å²) in [6.07, 6.45) is 5.96. The second-order valence-electron chi connectivity index (χ2n) is 4.95. The summed E-state index contributed by atoms with van der Waals surface area (Å²) in [5.41, 5.74) is 7.05. The van der Waals surface area contributed by atoms with Crippen LogP contribution >= 0.6 is 46.0 Å². The molecule has 128 valence electrons. The lowest BCUT2D eigenvalue weighted by Gasteiger charge is -2.09. The molecular weight excluding hydrogens is 473 g/mol. The van der Waals surface area contributed by atoms with Gasteiger partial charge in [0.15, 0.2) is 22.1 Å². The topological polar surface area (TPSA) is 78.9 Å². The first kappa shape index (κ1) is 18.1. The minimum atomic E-state index is 0.0827. The fourth-order valence-electron chi connectivity index (χ4n) is 2.22. The smallest absolute Gasteiger partial charge is 0.226 e. The van der Waals surface area contributed by atoms with Crippen LogP contribution in [0.5, 0.6) is 5.75 Å². The molecule has 0 spiro atoms. The first-order valence-corrected chi connectivity index (χ1v) is 9.45. The van der Waals surface area contributed by atoms with Gasteiger partial charge in [0, 0.05) is 21.4 Å². The number of aromatic nitrogens is 4. The van der Waals surface area contributed by atoms with Crippen molar-refractivity contribution in [3.8, 4) is 18.1 Å². The Labute approximate surface area is 167 Å². The number of methoxy groups -OCH3 is 1. The van der Waals surface area contributed by atoms with Gasteiger partial charge in [0.25, 0.3) is 0 Å². The highest BCUT2D eigenvalue weighted by atomic mass is 127. The van der Waals surface area contributed by atoms with Crippen LogP contribution in [0.2, 0.25) is 5.28 Å². The molecule has 0 aliphatic carbocycles. The number of aryl methyl sites for hydroxylation is 1. The number of nitrogens with two attached hydrogens (primary N) is 1. The average molecular weight is 486 g/mol. The molecule has 0 aliphatic heterocycles. The number of terminal acetylenes is 1. The van der Waals surface area contributed by atoms with Gasteiger partial charge in [0.1, 0.15) is 5.75 Å². The van der Waals surface area contributed by atoms with E-state index in [1.165, 1.54) is 11.8 Å². The van der Waals surface area contributed by atoms with E-state index < -0.39 is 0 Å². The van der Waals surface area contributed by atoms with Crippen LogP contribution in [0.1, 0.15) is 6.42 Å². The van der Waals surface area contributed by atoms with E-state index in [2.05, 4.69) is 43.5 Å². The van der Waals surface area contributed by atoms with Gasteiger partial charge in [-0.1, -0.05) is 11.8 Å². The van der Waals surface area contributed by atoms with Crippen LogP contribution < -0.4 is 10.5 Å². The first-order valence-electron chi connectivity index (χ1n) is 7.17. The molecule has 6 nitrogen and oxygen atoms in total. The summed E-state index contributed by atoms with van der Waals surface area (Å²) in [6.45, 7) is 0.558. The third-order valence-electron chi connectivity index (χ3n) is 3.38. The van der Waals surface area contributed by atoms with E-state index in [1.54, 1.807) is 7.11 Å². The summed E-state index contributed by atoms with van der Waals surface area (Å²) < 4.78 is 8.30. The van der Waals surface area contributed by atoms with Gasteiger partial charge in [-0.25, -0.2) is 4.98 Å². The molecule has 0 saturated carbocycles. The van der Waals surface area contributed by atoms with E-state index in [9.17, 15) is 0 Å². The molecule has 3 aromatic rings. The molecule has 0 atom stereocenters. The predicted octanol–water partition coefficient (Wildman–Crippen LogP) is 3.85. The molecule has 0 aliphatic rings. The number of fused-ring (bicyclic) bond motifs is 1. The Morgan fingerprint density at radius 2 is 2.20 bits per heavy atom. The third-order valence-corrected chi connectivity index (χ3v) is 5.91. The molecule has 2 heterocycles. The van der Waals surface area contributed by atoms with E-state index in [1.807, 2.05) is 22.8 Å². The second kappa shape index (κ2) is 7.68. The van der Waals surface area contributed by atoms with E-state index in [0.29, 0.717) is 24.1 Å². The van der Waals surface area contributed by atoms with E-state index in [-0.39, 0.29) is 11.1 Å². The third kappa shape index (κ3) is 3.78. The van der Waals surface area contributed by atoms with E-state index in [4.69, 9.17) is 28.5 Å². The Hall–Kier alpha value is -1.70. The highest BCUT2D eigenvalue weighted by Gasteiger charge is 2.18. The van der Waals surface area contributed by atoms with Crippen LogP contribution in [-0.2, 0) is 6.54 Å². The highest BCUT2D eigenvalue weighted by molar-refractivity contribution is 14.1. The van der Waals surface area contributed by atoms with Crippen LogP contribution in [-0.4, -0.2) is 26.6 Å². The maximum absolute atomic E-state index is 5.96. The van der Waals surface area contributed by atoms with E-state index >= 15 is 0 Å². The van der Waals surface area contributed by atoms with Crippen molar-refractivity contribution in [3.05, 3.63) is 27.1 Å². The zero-order valence-electron chi connectivity index (χ0n) is 13.2. The Morgan fingerprint density at radius 3 is 2.92 bits per heavy atom. The number of ether oxygens (including phenoxy) is 1. The summed E-state index contributed by atoms with van der Waals surface area (Å²) in [7, 11) is 1.64. The number of nitrogens with zero attached hydrogens (tertiary/aromatic N) is 4. The maximum atomic E-state index is 5.96. The van der Waals surface area contributed by atoms with Gasteiger partial charge in [-0.05, 0) is 52.4 Å². The first-order chi connectivity index (χ1) is 12.0. The number of anilines is 1. The van der Waals surface area contributed by atoms with Crippen molar-refractivity contribution >= 4 is 62.9 Å². The molecule has 0 amide bonds. The van der Waals surface area contributed by atoms with Gasteiger partial charge in [-0.15, -0.1) is 12.3 Å². The van der Waals surface area contributed by atoms with Crippen LogP contribution in [0, 0.1) is 15.9 Å². The van der Waals surface area contributed by atoms with E-state index in [0.717, 1.165) is 19.4 Å². The van der Waals surface area contributed by atoms with Crippen molar-refractivity contribution in [2.24, 2.45) is 0 Å². The van der Waals surface area contributed by atoms with Crippen LogP contribution in [0.4, 0.5) is 5.82 Å². The number of nitrogen functional groups attached to an aromatic ring is 1. The molecule has 2 N–H and O–H groups in total. The van der Waals surface area contributed by atoms with Gasteiger partial charge in [-0.3, -0.25) is 0 Å². The number of rotatable bonds is 5. The molecule has 2 aromatic heterocycles. The van der Waals surface area contributed by atoms with Crippen LogP contribution in [0.25, 0.3) is 11.2 Å². The molecule has 0 unspecified atom stereocenters. The quantitative estimate of drug-likeness (QED) is 0.336. The van der Waals surface area contributed by atoms with Crippen molar-refractivity contribution in [1.82, 2.24) is 19.5 Å². The molecule has 0 saturated heterocycles. The summed E-state index contributed by atoms with van der Waals surface area (Å²) in [5, 5.41) is 0.805. The summed E-state index contributed by atoms with van der Waals surface area (Å²) >= 11 is 9.72. The number of hydrogen-bond donors (Lipinski definition) is 1. The Balaban J connectivity index is 2.12.